The lowest BCUT2D eigenvalue weighted by molar-refractivity contribution is -0.120. The molecule has 0 saturated heterocycles. The maximum Gasteiger partial charge on any atom is 0.264 e. The van der Waals surface area contributed by atoms with Gasteiger partial charge in [0.25, 0.3) is 10.0 Å². The zero-order valence-electron chi connectivity index (χ0n) is 21.0. The van der Waals surface area contributed by atoms with Crippen molar-refractivity contribution >= 4 is 31.5 Å². The molecule has 1 N–H and O–H groups in total. The molecule has 9 nitrogen and oxygen atoms in total. The van der Waals surface area contributed by atoms with Gasteiger partial charge in [0.15, 0.2) is 21.3 Å². The summed E-state index contributed by atoms with van der Waals surface area (Å²) in [5.41, 5.74) is 1.02. The van der Waals surface area contributed by atoms with Crippen LogP contribution in [0, 0.1) is 0 Å². The molecule has 37 heavy (non-hydrogen) atoms. The molecule has 0 radical (unpaired) electrons. The Bertz CT molecular complexity index is 1440. The molecule has 3 aromatic carbocycles. The summed E-state index contributed by atoms with van der Waals surface area (Å²) in [5, 5.41) is 2.87. The van der Waals surface area contributed by atoms with Crippen LogP contribution in [0.3, 0.4) is 0 Å². The summed E-state index contributed by atoms with van der Waals surface area (Å²) in [6.07, 6.45) is 1.63. The van der Waals surface area contributed by atoms with Crippen LogP contribution >= 0.6 is 0 Å². The van der Waals surface area contributed by atoms with E-state index < -0.39 is 38.4 Å². The van der Waals surface area contributed by atoms with Crippen LogP contribution in [0.25, 0.3) is 0 Å². The molecule has 1 atom stereocenters. The Morgan fingerprint density at radius 2 is 1.46 bits per heavy atom. The average molecular weight is 547 g/mol. The van der Waals surface area contributed by atoms with E-state index in [1.54, 1.807) is 42.5 Å². The Labute approximate surface area is 218 Å². The Balaban J connectivity index is 1.91. The molecule has 1 unspecified atom stereocenters. The molecule has 0 saturated carbocycles. The number of para-hydroxylation sites is 1. The highest BCUT2D eigenvalue weighted by atomic mass is 32.2. The monoisotopic (exact) mass is 546 g/mol. The topological polar surface area (TPSA) is 119 Å². The summed E-state index contributed by atoms with van der Waals surface area (Å²) in [4.78, 5) is 13.2. The van der Waals surface area contributed by atoms with Crippen molar-refractivity contribution in [2.45, 2.75) is 29.2 Å². The molecular formula is C26H30N2O7S2. The van der Waals surface area contributed by atoms with Gasteiger partial charge < -0.3 is 14.8 Å². The van der Waals surface area contributed by atoms with E-state index in [0.717, 1.165) is 10.6 Å². The minimum atomic E-state index is -4.17. The van der Waals surface area contributed by atoms with Crippen LogP contribution in [0.15, 0.2) is 82.6 Å². The van der Waals surface area contributed by atoms with Crippen molar-refractivity contribution in [3.63, 3.8) is 0 Å². The number of benzene rings is 3. The van der Waals surface area contributed by atoms with Crippen LogP contribution in [-0.4, -0.2) is 49.8 Å². The number of hydrogen-bond acceptors (Lipinski definition) is 7. The van der Waals surface area contributed by atoms with Crippen molar-refractivity contribution in [2.75, 3.05) is 31.3 Å². The number of sulfonamides is 1. The molecule has 0 aromatic heterocycles. The van der Waals surface area contributed by atoms with E-state index in [1.807, 2.05) is 6.92 Å². The number of sulfone groups is 1. The highest BCUT2D eigenvalue weighted by Gasteiger charge is 2.29. The summed E-state index contributed by atoms with van der Waals surface area (Å²) in [7, 11) is -4.66. The summed E-state index contributed by atoms with van der Waals surface area (Å²) >= 11 is 0. The van der Waals surface area contributed by atoms with Crippen molar-refractivity contribution < 1.29 is 31.1 Å². The maximum atomic E-state index is 13.7. The molecule has 0 aliphatic carbocycles. The van der Waals surface area contributed by atoms with Gasteiger partial charge in [0.2, 0.25) is 5.91 Å². The van der Waals surface area contributed by atoms with Crippen molar-refractivity contribution in [3.8, 4) is 11.5 Å². The number of methoxy groups -OCH3 is 2. The first-order chi connectivity index (χ1) is 17.5. The standard InChI is InChI=1S/C26H30N2O7S2/c1-5-23(19-11-13-21(14-12-19)36(4,30)31)27-26(29)18-28(20-9-7-6-8-10-20)37(32,33)22-15-16-24(34-2)25(17-22)35-3/h6-17,23H,5,18H2,1-4H3,(H,27,29). The predicted octanol–water partition coefficient (Wildman–Crippen LogP) is 3.57. The largest absolute Gasteiger partial charge is 0.493 e. The second-order valence-electron chi connectivity index (χ2n) is 8.23. The Morgan fingerprint density at radius 1 is 0.865 bits per heavy atom. The van der Waals surface area contributed by atoms with Crippen molar-refractivity contribution in [2.24, 2.45) is 0 Å². The van der Waals surface area contributed by atoms with E-state index in [1.165, 1.54) is 44.6 Å². The van der Waals surface area contributed by atoms with Crippen LogP contribution in [0.4, 0.5) is 5.69 Å². The number of rotatable bonds is 11. The van der Waals surface area contributed by atoms with E-state index in [4.69, 9.17) is 9.47 Å². The van der Waals surface area contributed by atoms with Gasteiger partial charge in [0.1, 0.15) is 6.54 Å². The Hall–Kier alpha value is -3.57. The third-order valence-electron chi connectivity index (χ3n) is 5.73. The van der Waals surface area contributed by atoms with Gasteiger partial charge in [-0.3, -0.25) is 9.10 Å². The summed E-state index contributed by atoms with van der Waals surface area (Å²) in [5.74, 6) is 0.0923. The fraction of sp³-hybridized carbons (Fsp3) is 0.269. The lowest BCUT2D eigenvalue weighted by Gasteiger charge is -2.26. The highest BCUT2D eigenvalue weighted by Crippen LogP contribution is 2.32. The molecule has 1 amide bonds. The lowest BCUT2D eigenvalue weighted by Crippen LogP contribution is -2.42. The van der Waals surface area contributed by atoms with Gasteiger partial charge in [-0.05, 0) is 48.4 Å². The summed E-state index contributed by atoms with van der Waals surface area (Å²) in [6.45, 7) is 1.39. The zero-order valence-corrected chi connectivity index (χ0v) is 22.7. The SMILES string of the molecule is CCC(NC(=O)CN(c1ccccc1)S(=O)(=O)c1ccc(OC)c(OC)c1)c1ccc(S(C)(=O)=O)cc1. The van der Waals surface area contributed by atoms with Gasteiger partial charge >= 0.3 is 0 Å². The molecule has 198 valence electrons. The second kappa shape index (κ2) is 11.7. The minimum Gasteiger partial charge on any atom is -0.493 e. The number of hydrogen-bond donors (Lipinski definition) is 1. The number of nitrogens with one attached hydrogen (secondary N) is 1. The number of carbonyl (C=O) groups excluding carboxylic acids is 1. The smallest absolute Gasteiger partial charge is 0.264 e. The molecule has 0 bridgehead atoms. The summed E-state index contributed by atoms with van der Waals surface area (Å²) < 4.78 is 62.4. The first-order valence-electron chi connectivity index (χ1n) is 11.4. The first kappa shape index (κ1) is 28.0. The number of anilines is 1. The van der Waals surface area contributed by atoms with Crippen LogP contribution in [-0.2, 0) is 24.7 Å². The molecule has 0 fully saturated rings. The fourth-order valence-corrected chi connectivity index (χ4v) is 5.82. The van der Waals surface area contributed by atoms with E-state index in [-0.39, 0.29) is 15.5 Å². The van der Waals surface area contributed by atoms with Crippen LogP contribution in [0.1, 0.15) is 24.9 Å². The average Bonchev–Trinajstić information content (AvgIpc) is 2.89. The quantitative estimate of drug-likeness (QED) is 0.391. The van der Waals surface area contributed by atoms with Crippen molar-refractivity contribution in [1.29, 1.82) is 0 Å². The predicted molar refractivity (Wildman–Crippen MR) is 141 cm³/mol. The van der Waals surface area contributed by atoms with Gasteiger partial charge in [0, 0.05) is 12.3 Å². The van der Waals surface area contributed by atoms with Gasteiger partial charge in [-0.2, -0.15) is 0 Å². The molecule has 0 aliphatic heterocycles. The third kappa shape index (κ3) is 6.60. The van der Waals surface area contributed by atoms with E-state index in [9.17, 15) is 21.6 Å². The van der Waals surface area contributed by atoms with Crippen LogP contribution in [0.2, 0.25) is 0 Å². The molecule has 0 aliphatic rings. The molecule has 0 spiro atoms. The second-order valence-corrected chi connectivity index (χ2v) is 12.1. The van der Waals surface area contributed by atoms with Crippen LogP contribution in [0.5, 0.6) is 11.5 Å². The van der Waals surface area contributed by atoms with Gasteiger partial charge in [-0.1, -0.05) is 37.3 Å². The molecular weight excluding hydrogens is 516 g/mol. The zero-order chi connectivity index (χ0) is 27.2. The maximum absolute atomic E-state index is 13.7. The Kier molecular flexibility index (Phi) is 8.82. The van der Waals surface area contributed by atoms with Crippen molar-refractivity contribution in [1.82, 2.24) is 5.32 Å². The lowest BCUT2D eigenvalue weighted by atomic mass is 10.0. The molecule has 0 heterocycles. The Morgan fingerprint density at radius 3 is 2.00 bits per heavy atom. The van der Waals surface area contributed by atoms with Gasteiger partial charge in [0.05, 0.1) is 35.7 Å². The third-order valence-corrected chi connectivity index (χ3v) is 8.63. The van der Waals surface area contributed by atoms with Gasteiger partial charge in [-0.15, -0.1) is 0 Å². The molecule has 11 heteroatoms. The first-order valence-corrected chi connectivity index (χ1v) is 14.7. The van der Waals surface area contributed by atoms with Crippen LogP contribution < -0.4 is 19.1 Å². The van der Waals surface area contributed by atoms with E-state index in [2.05, 4.69) is 5.32 Å². The normalized spacial score (nSPS) is 12.4. The number of carbonyl (C=O) groups is 1. The molecule has 3 rings (SSSR count). The fourth-order valence-electron chi connectivity index (χ4n) is 3.75. The van der Waals surface area contributed by atoms with Gasteiger partial charge in [-0.25, -0.2) is 16.8 Å². The summed E-state index contributed by atoms with van der Waals surface area (Å²) in [6, 6.07) is 18.4. The number of amides is 1. The van der Waals surface area contributed by atoms with E-state index >= 15 is 0 Å². The number of nitrogens with zero attached hydrogens (tertiary/aromatic N) is 1. The number of ether oxygens (including phenoxy) is 2. The minimum absolute atomic E-state index is 0.0646. The highest BCUT2D eigenvalue weighted by molar-refractivity contribution is 7.93. The molecule has 3 aromatic rings. The van der Waals surface area contributed by atoms with Crippen molar-refractivity contribution in [3.05, 3.63) is 78.4 Å². The van der Waals surface area contributed by atoms with E-state index in [0.29, 0.717) is 23.4 Å².